The average molecular weight is 232 g/mol. The molecule has 0 aliphatic heterocycles. The fraction of sp³-hybridized carbons (Fsp3) is 0.500. The topological polar surface area (TPSA) is 48.9 Å². The van der Waals surface area contributed by atoms with Crippen LogP contribution in [0.15, 0.2) is 24.5 Å². The van der Waals surface area contributed by atoms with Crippen molar-refractivity contribution in [3.63, 3.8) is 0 Å². The van der Waals surface area contributed by atoms with Crippen LogP contribution in [0.2, 0.25) is 0 Å². The van der Waals surface area contributed by atoms with Crippen molar-refractivity contribution in [2.45, 2.75) is 39.2 Å². The van der Waals surface area contributed by atoms with E-state index in [1.807, 2.05) is 12.3 Å². The molecule has 0 radical (unpaired) electrons. The Hall–Kier alpha value is -1.35. The molecule has 3 nitrogen and oxygen atoms in total. The van der Waals surface area contributed by atoms with Gasteiger partial charge in [-0.15, -0.1) is 0 Å². The Morgan fingerprint density at radius 2 is 2.29 bits per heavy atom. The molecule has 2 rings (SSSR count). The number of hydrogen-bond acceptors (Lipinski definition) is 2. The number of aromatic amines is 1. The Labute approximate surface area is 102 Å². The van der Waals surface area contributed by atoms with Gasteiger partial charge in [-0.25, -0.2) is 0 Å². The first kappa shape index (κ1) is 12.1. The molecule has 0 saturated carbocycles. The number of pyridine rings is 1. The normalized spacial score (nSPS) is 15.0. The fourth-order valence-electron chi connectivity index (χ4n) is 2.21. The summed E-state index contributed by atoms with van der Waals surface area (Å²) in [5.74, 6) is 0.288. The van der Waals surface area contributed by atoms with Crippen LogP contribution in [-0.2, 0) is 6.42 Å². The van der Waals surface area contributed by atoms with Crippen LogP contribution in [0.3, 0.4) is 0 Å². The SMILES string of the molecule is CCCC(O)C(C)Cc1cc2cnccc2[nH]1. The second kappa shape index (κ2) is 5.32. The van der Waals surface area contributed by atoms with Gasteiger partial charge in [0.25, 0.3) is 0 Å². The summed E-state index contributed by atoms with van der Waals surface area (Å²) >= 11 is 0. The zero-order chi connectivity index (χ0) is 12.3. The molecule has 0 aliphatic carbocycles. The number of aromatic nitrogens is 2. The smallest absolute Gasteiger partial charge is 0.0569 e. The number of H-pyrrole nitrogens is 1. The lowest BCUT2D eigenvalue weighted by molar-refractivity contribution is 0.106. The van der Waals surface area contributed by atoms with Gasteiger partial charge >= 0.3 is 0 Å². The third-order valence-corrected chi connectivity index (χ3v) is 3.26. The minimum Gasteiger partial charge on any atom is -0.393 e. The highest BCUT2D eigenvalue weighted by Crippen LogP contribution is 2.19. The third kappa shape index (κ3) is 2.86. The lowest BCUT2D eigenvalue weighted by atomic mass is 9.96. The molecule has 0 spiro atoms. The number of hydrogen-bond donors (Lipinski definition) is 2. The van der Waals surface area contributed by atoms with Crippen molar-refractivity contribution in [2.75, 3.05) is 0 Å². The minimum absolute atomic E-state index is 0.204. The van der Waals surface area contributed by atoms with Crippen molar-refractivity contribution in [1.82, 2.24) is 9.97 Å². The highest BCUT2D eigenvalue weighted by Gasteiger charge is 2.14. The molecule has 0 bridgehead atoms. The number of rotatable bonds is 5. The van der Waals surface area contributed by atoms with Gasteiger partial charge in [-0.1, -0.05) is 20.3 Å². The first-order chi connectivity index (χ1) is 8.20. The quantitative estimate of drug-likeness (QED) is 0.832. The number of nitrogens with one attached hydrogen (secondary N) is 1. The van der Waals surface area contributed by atoms with Crippen LogP contribution in [0, 0.1) is 5.92 Å². The van der Waals surface area contributed by atoms with E-state index < -0.39 is 0 Å². The summed E-state index contributed by atoms with van der Waals surface area (Å²) in [6, 6.07) is 4.10. The zero-order valence-corrected chi connectivity index (χ0v) is 10.5. The van der Waals surface area contributed by atoms with Gasteiger partial charge in [-0.3, -0.25) is 4.98 Å². The van der Waals surface area contributed by atoms with E-state index in [1.165, 1.54) is 5.69 Å². The molecular weight excluding hydrogens is 212 g/mol. The summed E-state index contributed by atoms with van der Waals surface area (Å²) in [5, 5.41) is 11.1. The average Bonchev–Trinajstić information content (AvgIpc) is 2.71. The second-order valence-electron chi connectivity index (χ2n) is 4.79. The predicted molar refractivity (Wildman–Crippen MR) is 69.9 cm³/mol. The maximum Gasteiger partial charge on any atom is 0.0569 e. The van der Waals surface area contributed by atoms with Gasteiger partial charge in [0.05, 0.1) is 6.10 Å². The van der Waals surface area contributed by atoms with Crippen LogP contribution in [0.25, 0.3) is 10.9 Å². The van der Waals surface area contributed by atoms with Crippen molar-refractivity contribution >= 4 is 10.9 Å². The van der Waals surface area contributed by atoms with Gasteiger partial charge in [-0.05, 0) is 30.9 Å². The van der Waals surface area contributed by atoms with E-state index in [4.69, 9.17) is 0 Å². The van der Waals surface area contributed by atoms with Gasteiger partial charge < -0.3 is 10.1 Å². The van der Waals surface area contributed by atoms with Gasteiger partial charge in [-0.2, -0.15) is 0 Å². The first-order valence-corrected chi connectivity index (χ1v) is 6.30. The molecule has 0 aromatic carbocycles. The van der Waals surface area contributed by atoms with Gasteiger partial charge in [0.2, 0.25) is 0 Å². The van der Waals surface area contributed by atoms with Crippen LogP contribution in [-0.4, -0.2) is 21.2 Å². The van der Waals surface area contributed by atoms with E-state index in [-0.39, 0.29) is 12.0 Å². The van der Waals surface area contributed by atoms with Crippen molar-refractivity contribution in [3.8, 4) is 0 Å². The Kier molecular flexibility index (Phi) is 3.79. The van der Waals surface area contributed by atoms with E-state index >= 15 is 0 Å². The largest absolute Gasteiger partial charge is 0.393 e. The molecule has 92 valence electrons. The van der Waals surface area contributed by atoms with Crippen molar-refractivity contribution < 1.29 is 5.11 Å². The summed E-state index contributed by atoms with van der Waals surface area (Å²) in [6.07, 6.45) is 6.24. The van der Waals surface area contributed by atoms with Gasteiger partial charge in [0.1, 0.15) is 0 Å². The molecule has 0 amide bonds. The van der Waals surface area contributed by atoms with E-state index in [0.29, 0.717) is 0 Å². The van der Waals surface area contributed by atoms with Crippen LogP contribution in [0.4, 0.5) is 0 Å². The Morgan fingerprint density at radius 1 is 1.47 bits per heavy atom. The second-order valence-corrected chi connectivity index (χ2v) is 4.79. The molecule has 2 unspecified atom stereocenters. The fourth-order valence-corrected chi connectivity index (χ4v) is 2.21. The standard InChI is InChI=1S/C14H20N2O/c1-3-4-14(17)10(2)7-12-8-11-9-15-6-5-13(11)16-12/h5-6,8-10,14,16-17H,3-4,7H2,1-2H3. The molecule has 2 N–H and O–H groups in total. The molecule has 0 fully saturated rings. The summed E-state index contributed by atoms with van der Waals surface area (Å²) in [5.41, 5.74) is 2.29. The molecular formula is C14H20N2O. The maximum absolute atomic E-state index is 9.93. The first-order valence-electron chi connectivity index (χ1n) is 6.30. The molecule has 3 heteroatoms. The van der Waals surface area contributed by atoms with E-state index in [1.54, 1.807) is 6.20 Å². The minimum atomic E-state index is -0.204. The molecule has 0 aliphatic rings. The van der Waals surface area contributed by atoms with E-state index in [2.05, 4.69) is 29.9 Å². The van der Waals surface area contributed by atoms with Crippen LogP contribution in [0.1, 0.15) is 32.4 Å². The molecule has 17 heavy (non-hydrogen) atoms. The number of nitrogens with zero attached hydrogens (tertiary/aromatic N) is 1. The molecule has 2 atom stereocenters. The Bertz CT molecular complexity index is 445. The monoisotopic (exact) mass is 232 g/mol. The lowest BCUT2D eigenvalue weighted by Crippen LogP contribution is -2.19. The number of aliphatic hydroxyl groups is 1. The summed E-state index contributed by atoms with van der Waals surface area (Å²) in [7, 11) is 0. The molecule has 2 heterocycles. The highest BCUT2D eigenvalue weighted by molar-refractivity contribution is 5.79. The predicted octanol–water partition coefficient (Wildman–Crippen LogP) is 2.90. The summed E-state index contributed by atoms with van der Waals surface area (Å²) < 4.78 is 0. The lowest BCUT2D eigenvalue weighted by Gasteiger charge is -2.17. The Balaban J connectivity index is 2.07. The van der Waals surface area contributed by atoms with E-state index in [0.717, 1.165) is 30.2 Å². The molecule has 0 saturated heterocycles. The van der Waals surface area contributed by atoms with Crippen molar-refractivity contribution in [1.29, 1.82) is 0 Å². The highest BCUT2D eigenvalue weighted by atomic mass is 16.3. The molecule has 2 aromatic heterocycles. The number of aliphatic hydroxyl groups excluding tert-OH is 1. The van der Waals surface area contributed by atoms with Crippen LogP contribution in [0.5, 0.6) is 0 Å². The van der Waals surface area contributed by atoms with Crippen molar-refractivity contribution in [3.05, 3.63) is 30.2 Å². The van der Waals surface area contributed by atoms with Gasteiger partial charge in [0.15, 0.2) is 0 Å². The summed E-state index contributed by atoms with van der Waals surface area (Å²) in [4.78, 5) is 7.47. The van der Waals surface area contributed by atoms with E-state index in [9.17, 15) is 5.11 Å². The zero-order valence-electron chi connectivity index (χ0n) is 10.5. The Morgan fingerprint density at radius 3 is 3.00 bits per heavy atom. The van der Waals surface area contributed by atoms with Gasteiger partial charge in [0, 0.05) is 29.0 Å². The molecule has 2 aromatic rings. The third-order valence-electron chi connectivity index (χ3n) is 3.26. The number of fused-ring (bicyclic) bond motifs is 1. The maximum atomic E-state index is 9.93. The summed E-state index contributed by atoms with van der Waals surface area (Å²) in [6.45, 7) is 4.20. The van der Waals surface area contributed by atoms with Crippen LogP contribution >= 0.6 is 0 Å². The van der Waals surface area contributed by atoms with Crippen LogP contribution < -0.4 is 0 Å². The van der Waals surface area contributed by atoms with Crippen molar-refractivity contribution in [2.24, 2.45) is 5.92 Å².